The van der Waals surface area contributed by atoms with Gasteiger partial charge in [-0.15, -0.1) is 0 Å². The van der Waals surface area contributed by atoms with Crippen LogP contribution in [0.15, 0.2) is 48.5 Å². The number of hydrogen-bond donors (Lipinski definition) is 4. The van der Waals surface area contributed by atoms with Crippen LogP contribution in [0.1, 0.15) is 149 Å². The van der Waals surface area contributed by atoms with E-state index in [0.717, 1.165) is 66.8 Å². The zero-order valence-electron chi connectivity index (χ0n) is 30.3. The van der Waals surface area contributed by atoms with E-state index in [1.807, 2.05) is 0 Å². The molecule has 0 unspecified atom stereocenters. The quantitative estimate of drug-likeness (QED) is 0.148. The summed E-state index contributed by atoms with van der Waals surface area (Å²) in [6, 6.07) is 16.5. The normalized spacial score (nSPS) is 14.0. The largest absolute Gasteiger partial charge is 0.507 e. The van der Waals surface area contributed by atoms with Crippen molar-refractivity contribution in [2.75, 3.05) is 0 Å². The third-order valence-corrected chi connectivity index (χ3v) is 9.88. The van der Waals surface area contributed by atoms with Crippen LogP contribution in [0, 0.1) is 0 Å². The zero-order valence-corrected chi connectivity index (χ0v) is 30.3. The van der Waals surface area contributed by atoms with Gasteiger partial charge in [-0.2, -0.15) is 0 Å². The van der Waals surface area contributed by atoms with Crippen molar-refractivity contribution < 1.29 is 20.4 Å². The first-order chi connectivity index (χ1) is 21.6. The van der Waals surface area contributed by atoms with Crippen LogP contribution in [0.4, 0.5) is 0 Å². The third-order valence-electron chi connectivity index (χ3n) is 9.88. The van der Waals surface area contributed by atoms with E-state index in [9.17, 15) is 20.4 Å². The van der Waals surface area contributed by atoms with E-state index < -0.39 is 0 Å². The summed E-state index contributed by atoms with van der Waals surface area (Å²) >= 11 is 0. The lowest BCUT2D eigenvalue weighted by molar-refractivity contribution is 0.448. The highest BCUT2D eigenvalue weighted by atomic mass is 16.3. The van der Waals surface area contributed by atoms with Gasteiger partial charge in [0, 0.05) is 25.7 Å². The molecule has 4 aromatic rings. The molecule has 0 fully saturated rings. The van der Waals surface area contributed by atoms with E-state index in [-0.39, 0.29) is 45.2 Å². The van der Waals surface area contributed by atoms with Crippen LogP contribution >= 0.6 is 0 Å². The van der Waals surface area contributed by atoms with Crippen LogP contribution in [-0.4, -0.2) is 20.4 Å². The molecule has 0 atom stereocenters. The fourth-order valence-electron chi connectivity index (χ4n) is 6.60. The molecule has 1 aliphatic rings. The van der Waals surface area contributed by atoms with Gasteiger partial charge in [-0.3, -0.25) is 0 Å². The Hall–Kier alpha value is -3.92. The summed E-state index contributed by atoms with van der Waals surface area (Å²) in [5.41, 5.74) is 9.75. The molecule has 0 amide bonds. The van der Waals surface area contributed by atoms with Gasteiger partial charge in [0.15, 0.2) is 0 Å². The van der Waals surface area contributed by atoms with Gasteiger partial charge in [-0.05, 0) is 88.9 Å². The SMILES string of the molecule is CC(C)c1cc2c(O)c(c1)Cc1cc(C(C)(C)C)cc(c1O)Cc1cc(C(C)(C)C)cc(c1O)Cc1cc(C(C)(C)C)cc(c1O)C2. The highest BCUT2D eigenvalue weighted by Crippen LogP contribution is 2.42. The van der Waals surface area contributed by atoms with Crippen molar-refractivity contribution in [2.45, 2.75) is 124 Å². The van der Waals surface area contributed by atoms with Gasteiger partial charge in [0.05, 0.1) is 0 Å². The van der Waals surface area contributed by atoms with Gasteiger partial charge in [0.25, 0.3) is 0 Å². The second kappa shape index (κ2) is 12.0. The first-order valence-electron chi connectivity index (χ1n) is 17.0. The maximum Gasteiger partial charge on any atom is 0.122 e. The molecule has 0 aromatic heterocycles. The number of hydrogen-bond acceptors (Lipinski definition) is 4. The predicted octanol–water partition coefficient (Wildman–Crippen LogP) is 10.2. The van der Waals surface area contributed by atoms with E-state index >= 15 is 0 Å². The van der Waals surface area contributed by atoms with Crippen molar-refractivity contribution in [2.24, 2.45) is 0 Å². The van der Waals surface area contributed by atoms with Crippen molar-refractivity contribution in [3.8, 4) is 23.0 Å². The van der Waals surface area contributed by atoms with Crippen LogP contribution < -0.4 is 0 Å². The van der Waals surface area contributed by atoms with Crippen LogP contribution in [0.25, 0.3) is 0 Å². The fourth-order valence-corrected chi connectivity index (χ4v) is 6.60. The Balaban J connectivity index is 1.88. The average molecular weight is 635 g/mol. The molecular formula is C43H54O4. The Morgan fingerprint density at radius 2 is 0.574 bits per heavy atom. The molecule has 4 aromatic carbocycles. The minimum atomic E-state index is -0.187. The first kappa shape index (κ1) is 34.4. The second-order valence-corrected chi connectivity index (χ2v) is 17.2. The van der Waals surface area contributed by atoms with Crippen molar-refractivity contribution in [3.05, 3.63) is 115 Å². The predicted molar refractivity (Wildman–Crippen MR) is 194 cm³/mol. The van der Waals surface area contributed by atoms with Gasteiger partial charge < -0.3 is 20.4 Å². The van der Waals surface area contributed by atoms with Crippen molar-refractivity contribution in [1.29, 1.82) is 0 Å². The molecule has 47 heavy (non-hydrogen) atoms. The highest BCUT2D eigenvalue weighted by Gasteiger charge is 2.26. The summed E-state index contributed by atoms with van der Waals surface area (Å²) in [5, 5.41) is 47.4. The van der Waals surface area contributed by atoms with E-state index in [0.29, 0.717) is 25.7 Å². The Bertz CT molecular complexity index is 1720. The van der Waals surface area contributed by atoms with Crippen molar-refractivity contribution >= 4 is 0 Å². The smallest absolute Gasteiger partial charge is 0.122 e. The number of fused-ring (bicyclic) bond motifs is 8. The lowest BCUT2D eigenvalue weighted by Crippen LogP contribution is -2.15. The molecule has 0 aliphatic heterocycles. The zero-order chi connectivity index (χ0) is 34.8. The fraction of sp³-hybridized carbons (Fsp3) is 0.442. The number of aromatic hydroxyl groups is 4. The lowest BCUT2D eigenvalue weighted by Gasteiger charge is -2.26. The molecule has 0 spiro atoms. The average Bonchev–Trinajstić information content (AvgIpc) is 2.94. The molecule has 0 heterocycles. The molecule has 8 bridgehead atoms. The van der Waals surface area contributed by atoms with E-state index in [2.05, 4.69) is 125 Å². The summed E-state index contributed by atoms with van der Waals surface area (Å²) in [5.74, 6) is 1.00. The van der Waals surface area contributed by atoms with Gasteiger partial charge in [0.2, 0.25) is 0 Å². The lowest BCUT2D eigenvalue weighted by atomic mass is 9.80. The minimum absolute atomic E-state index is 0.184. The Labute approximate surface area is 282 Å². The maximum absolute atomic E-state index is 11.9. The van der Waals surface area contributed by atoms with Crippen molar-refractivity contribution in [3.63, 3.8) is 0 Å². The van der Waals surface area contributed by atoms with Crippen molar-refractivity contribution in [1.82, 2.24) is 0 Å². The molecule has 4 heteroatoms. The topological polar surface area (TPSA) is 80.9 Å². The molecule has 4 nitrogen and oxygen atoms in total. The molecule has 250 valence electrons. The van der Waals surface area contributed by atoms with E-state index in [4.69, 9.17) is 0 Å². The summed E-state index contributed by atoms with van der Waals surface area (Å²) in [7, 11) is 0. The summed E-state index contributed by atoms with van der Waals surface area (Å²) < 4.78 is 0. The molecule has 1 aliphatic carbocycles. The van der Waals surface area contributed by atoms with E-state index in [1.54, 1.807) is 0 Å². The monoisotopic (exact) mass is 634 g/mol. The van der Waals surface area contributed by atoms with Gasteiger partial charge >= 0.3 is 0 Å². The summed E-state index contributed by atoms with van der Waals surface area (Å²) in [6.45, 7) is 23.7. The Kier molecular flexibility index (Phi) is 8.75. The highest BCUT2D eigenvalue weighted by molar-refractivity contribution is 5.58. The molecule has 4 N–H and O–H groups in total. The van der Waals surface area contributed by atoms with E-state index in [1.165, 1.54) is 0 Å². The molecule has 5 rings (SSSR count). The Morgan fingerprint density at radius 1 is 0.383 bits per heavy atom. The van der Waals surface area contributed by atoms with Crippen LogP contribution in [0.3, 0.4) is 0 Å². The maximum atomic E-state index is 11.9. The molecule has 0 radical (unpaired) electrons. The number of phenols is 4. The third kappa shape index (κ3) is 7.03. The van der Waals surface area contributed by atoms with Gasteiger partial charge in [-0.25, -0.2) is 0 Å². The van der Waals surface area contributed by atoms with Crippen LogP contribution in [-0.2, 0) is 41.9 Å². The minimum Gasteiger partial charge on any atom is -0.507 e. The van der Waals surface area contributed by atoms with Crippen LogP contribution in [0.2, 0.25) is 0 Å². The summed E-state index contributed by atoms with van der Waals surface area (Å²) in [6.07, 6.45) is 1.38. The Morgan fingerprint density at radius 3 is 0.745 bits per heavy atom. The molecule has 0 saturated heterocycles. The standard InChI is InChI=1S/C43H54O4/c1-24(2)25-12-26-14-28-18-34(41(3,4)5)20-30(38(28)45)16-32-22-36(43(9,10)11)23-33(40(32)47)17-31-21-35(42(6,7)8)19-29(39(31)46)15-27(13-25)37(26)44/h12-13,18-24,44-47H,14-17H2,1-11H3. The van der Waals surface area contributed by atoms with Gasteiger partial charge in [-0.1, -0.05) is 125 Å². The van der Waals surface area contributed by atoms with Crippen LogP contribution in [0.5, 0.6) is 23.0 Å². The number of rotatable bonds is 1. The second-order valence-electron chi connectivity index (χ2n) is 17.2. The number of benzene rings is 4. The number of phenolic OH excluding ortho intramolecular Hbond substituents is 4. The molecule has 0 saturated carbocycles. The first-order valence-corrected chi connectivity index (χ1v) is 17.0. The van der Waals surface area contributed by atoms with Gasteiger partial charge in [0.1, 0.15) is 23.0 Å². The molecular weight excluding hydrogens is 580 g/mol. The summed E-state index contributed by atoms with van der Waals surface area (Å²) in [4.78, 5) is 0.